The largest absolute Gasteiger partial charge is 0.462 e. The zero-order valence-corrected chi connectivity index (χ0v) is 23.1. The maximum absolute atomic E-state index is 12.3. The van der Waals surface area contributed by atoms with Crippen LogP contribution < -0.4 is 21.3 Å². The predicted octanol–water partition coefficient (Wildman–Crippen LogP) is 1.00. The van der Waals surface area contributed by atoms with Gasteiger partial charge in [-0.1, -0.05) is 26.0 Å². The molecule has 0 saturated heterocycles. The third-order valence-electron chi connectivity index (χ3n) is 5.48. The molecule has 2 unspecified atom stereocenters. The topological polar surface area (TPSA) is 187 Å². The van der Waals surface area contributed by atoms with Crippen LogP contribution in [0.4, 0.5) is 9.59 Å². The Hall–Kier alpha value is -4.10. The molecule has 224 valence electrons. The second kappa shape index (κ2) is 19.0. The van der Waals surface area contributed by atoms with Crippen LogP contribution in [0.3, 0.4) is 0 Å². The monoisotopic (exact) mass is 568 g/mol. The summed E-state index contributed by atoms with van der Waals surface area (Å²) in [5, 5.41) is 10.8. The average molecular weight is 569 g/mol. The molecule has 0 aromatic carbocycles. The fourth-order valence-electron chi connectivity index (χ4n) is 3.44. The van der Waals surface area contributed by atoms with E-state index in [4.69, 9.17) is 18.9 Å². The number of carbonyl (C=O) groups excluding carboxylic acids is 6. The van der Waals surface area contributed by atoms with Crippen LogP contribution in [0.15, 0.2) is 24.3 Å². The van der Waals surface area contributed by atoms with E-state index in [0.717, 1.165) is 12.8 Å². The van der Waals surface area contributed by atoms with Crippen molar-refractivity contribution in [3.8, 4) is 0 Å². The smallest absolute Gasteiger partial charge is 0.333 e. The maximum atomic E-state index is 12.3. The van der Waals surface area contributed by atoms with Crippen LogP contribution in [0.5, 0.6) is 0 Å². The van der Waals surface area contributed by atoms with Gasteiger partial charge in [-0.15, -0.1) is 0 Å². The van der Waals surface area contributed by atoms with Crippen molar-refractivity contribution in [3.05, 3.63) is 24.3 Å². The van der Waals surface area contributed by atoms with E-state index < -0.39 is 35.9 Å². The first kappa shape index (κ1) is 33.9. The third kappa shape index (κ3) is 15.3. The van der Waals surface area contributed by atoms with Crippen LogP contribution in [0.2, 0.25) is 0 Å². The summed E-state index contributed by atoms with van der Waals surface area (Å²) in [6.07, 6.45) is 2.93. The molecule has 4 amide bonds. The lowest BCUT2D eigenvalue weighted by atomic mass is 9.90. The summed E-state index contributed by atoms with van der Waals surface area (Å²) in [6, 6.07) is -1.61. The molecule has 0 heterocycles. The van der Waals surface area contributed by atoms with Crippen molar-refractivity contribution in [1.82, 2.24) is 21.3 Å². The summed E-state index contributed by atoms with van der Waals surface area (Å²) in [4.78, 5) is 70.6. The Morgan fingerprint density at radius 1 is 0.625 bits per heavy atom. The molecule has 14 nitrogen and oxygen atoms in total. The number of nitrogens with one attached hydrogen (secondary N) is 4. The summed E-state index contributed by atoms with van der Waals surface area (Å²) in [5.41, 5.74) is 0.487. The number of esters is 4. The van der Waals surface area contributed by atoms with Crippen LogP contribution in [-0.4, -0.2) is 87.5 Å². The Kier molecular flexibility index (Phi) is 16.1. The first-order valence-electron chi connectivity index (χ1n) is 13.0. The lowest BCUT2D eigenvalue weighted by Gasteiger charge is -2.32. The van der Waals surface area contributed by atoms with E-state index in [-0.39, 0.29) is 75.6 Å². The first-order valence-corrected chi connectivity index (χ1v) is 13.0. The molecular formula is C26H40N4O10. The number of urea groups is 2. The molecule has 40 heavy (non-hydrogen) atoms. The van der Waals surface area contributed by atoms with Crippen LogP contribution in [0.1, 0.15) is 52.4 Å². The van der Waals surface area contributed by atoms with Crippen molar-refractivity contribution >= 4 is 35.9 Å². The van der Waals surface area contributed by atoms with Gasteiger partial charge in [-0.3, -0.25) is 9.59 Å². The fraction of sp³-hybridized carbons (Fsp3) is 0.615. The standard InChI is InChI=1S/C26H40N4O10/c1-17(2)23(33)39-15-13-37-21(31)9-11-27-25(35)29-19-7-5-6-8-20(19)30-26(36)28-12-10-22(32)38-14-16-40-24(34)18(3)4/h19-20H,1,3,5-16H2,2,4H3,(H2,27,29,35)(H2,28,30,36). The van der Waals surface area contributed by atoms with Gasteiger partial charge in [0.15, 0.2) is 0 Å². The summed E-state index contributed by atoms with van der Waals surface area (Å²) in [6.45, 7) is 9.58. The molecule has 2 atom stereocenters. The summed E-state index contributed by atoms with van der Waals surface area (Å²) in [5.74, 6) is -2.26. The first-order chi connectivity index (χ1) is 19.0. The van der Waals surface area contributed by atoms with Gasteiger partial charge in [0.1, 0.15) is 26.4 Å². The van der Waals surface area contributed by atoms with E-state index in [9.17, 15) is 28.8 Å². The molecule has 0 spiro atoms. The van der Waals surface area contributed by atoms with Crippen LogP contribution in [0, 0.1) is 0 Å². The quantitative estimate of drug-likeness (QED) is 0.0905. The molecular weight excluding hydrogens is 528 g/mol. The molecule has 1 aliphatic carbocycles. The fourth-order valence-corrected chi connectivity index (χ4v) is 3.44. The average Bonchev–Trinajstić information content (AvgIpc) is 2.89. The van der Waals surface area contributed by atoms with Crippen LogP contribution in [-0.2, 0) is 38.1 Å². The van der Waals surface area contributed by atoms with Crippen molar-refractivity contribution in [1.29, 1.82) is 0 Å². The molecule has 0 aromatic heterocycles. The summed E-state index contributed by atoms with van der Waals surface area (Å²) >= 11 is 0. The van der Waals surface area contributed by atoms with E-state index in [1.165, 1.54) is 13.8 Å². The van der Waals surface area contributed by atoms with Gasteiger partial charge in [-0.05, 0) is 26.7 Å². The van der Waals surface area contributed by atoms with Gasteiger partial charge in [0.2, 0.25) is 0 Å². The molecule has 14 heteroatoms. The highest BCUT2D eigenvalue weighted by Gasteiger charge is 2.27. The Morgan fingerprint density at radius 2 is 0.975 bits per heavy atom. The molecule has 4 N–H and O–H groups in total. The second-order valence-corrected chi connectivity index (χ2v) is 9.07. The number of amides is 4. The molecule has 1 fully saturated rings. The van der Waals surface area contributed by atoms with Crippen molar-refractivity contribution in [2.75, 3.05) is 39.5 Å². The van der Waals surface area contributed by atoms with Gasteiger partial charge in [-0.25, -0.2) is 19.2 Å². The Labute approximate surface area is 233 Å². The van der Waals surface area contributed by atoms with E-state index >= 15 is 0 Å². The predicted molar refractivity (Wildman–Crippen MR) is 142 cm³/mol. The van der Waals surface area contributed by atoms with Gasteiger partial charge in [-0.2, -0.15) is 0 Å². The Bertz CT molecular complexity index is 862. The van der Waals surface area contributed by atoms with Crippen molar-refractivity contribution in [2.45, 2.75) is 64.5 Å². The number of ether oxygens (including phenoxy) is 4. The van der Waals surface area contributed by atoms with Crippen molar-refractivity contribution in [2.24, 2.45) is 0 Å². The SMILES string of the molecule is C=C(C)C(=O)OCCOC(=O)CCNC(=O)NC1CCCCC1NC(=O)NCCC(=O)OCCOC(=O)C(=C)C. The summed E-state index contributed by atoms with van der Waals surface area (Å²) in [7, 11) is 0. The Morgan fingerprint density at radius 3 is 1.32 bits per heavy atom. The van der Waals surface area contributed by atoms with E-state index in [0.29, 0.717) is 12.8 Å². The molecule has 1 rings (SSSR count). The van der Waals surface area contributed by atoms with Gasteiger partial charge in [0.25, 0.3) is 0 Å². The number of rotatable bonds is 16. The number of hydrogen-bond acceptors (Lipinski definition) is 10. The van der Waals surface area contributed by atoms with E-state index in [2.05, 4.69) is 34.4 Å². The van der Waals surface area contributed by atoms with Gasteiger partial charge in [0, 0.05) is 24.2 Å². The highest BCUT2D eigenvalue weighted by molar-refractivity contribution is 5.87. The lowest BCUT2D eigenvalue weighted by Crippen LogP contribution is -2.56. The lowest BCUT2D eigenvalue weighted by molar-refractivity contribution is -0.150. The van der Waals surface area contributed by atoms with Crippen molar-refractivity contribution in [3.63, 3.8) is 0 Å². The van der Waals surface area contributed by atoms with Crippen molar-refractivity contribution < 1.29 is 47.7 Å². The van der Waals surface area contributed by atoms with Gasteiger partial charge >= 0.3 is 35.9 Å². The minimum absolute atomic E-state index is 0.0357. The minimum Gasteiger partial charge on any atom is -0.462 e. The molecule has 1 aliphatic rings. The zero-order chi connectivity index (χ0) is 29.9. The van der Waals surface area contributed by atoms with E-state index in [1.807, 2.05) is 0 Å². The van der Waals surface area contributed by atoms with E-state index in [1.54, 1.807) is 0 Å². The Balaban J connectivity index is 2.24. The van der Waals surface area contributed by atoms with Gasteiger partial charge < -0.3 is 40.2 Å². The molecule has 1 saturated carbocycles. The maximum Gasteiger partial charge on any atom is 0.333 e. The molecule has 0 bridgehead atoms. The normalized spacial score (nSPS) is 15.9. The second-order valence-electron chi connectivity index (χ2n) is 9.07. The highest BCUT2D eigenvalue weighted by atomic mass is 16.6. The highest BCUT2D eigenvalue weighted by Crippen LogP contribution is 2.18. The van der Waals surface area contributed by atoms with Gasteiger partial charge in [0.05, 0.1) is 24.9 Å². The van der Waals surface area contributed by atoms with Crippen LogP contribution >= 0.6 is 0 Å². The summed E-state index contributed by atoms with van der Waals surface area (Å²) < 4.78 is 19.5. The zero-order valence-electron chi connectivity index (χ0n) is 23.1. The minimum atomic E-state index is -0.570. The molecule has 0 aliphatic heterocycles. The number of carbonyl (C=O) groups is 6. The molecule has 0 radical (unpaired) electrons. The third-order valence-corrected chi connectivity index (χ3v) is 5.48. The number of hydrogen-bond donors (Lipinski definition) is 4. The molecule has 0 aromatic rings. The van der Waals surface area contributed by atoms with Crippen LogP contribution in [0.25, 0.3) is 0 Å².